The first-order valence-corrected chi connectivity index (χ1v) is 11.2. The van der Waals surface area contributed by atoms with Crippen LogP contribution in [0.25, 0.3) is 11.0 Å². The van der Waals surface area contributed by atoms with Gasteiger partial charge >= 0.3 is 6.03 Å². The van der Waals surface area contributed by atoms with Crippen LogP contribution in [0.4, 0.5) is 10.7 Å². The van der Waals surface area contributed by atoms with E-state index in [0.29, 0.717) is 25.1 Å². The number of carbonyl (C=O) groups excluding carboxylic acids is 1. The minimum absolute atomic E-state index is 0.000415. The summed E-state index contributed by atoms with van der Waals surface area (Å²) < 4.78 is 1.93. The number of rotatable bonds is 5. The molecule has 4 N–H and O–H groups in total. The summed E-state index contributed by atoms with van der Waals surface area (Å²) in [6, 6.07) is 12.1. The number of imidazole rings is 1. The number of nitrogens with one attached hydrogen (secondary N) is 1. The summed E-state index contributed by atoms with van der Waals surface area (Å²) in [5, 5.41) is 13.3. The monoisotopic (exact) mass is 442 g/mol. The Morgan fingerprint density at radius 3 is 2.85 bits per heavy atom. The first-order valence-electron chi connectivity index (χ1n) is 11.2. The lowest BCUT2D eigenvalue weighted by Gasteiger charge is -2.26. The van der Waals surface area contributed by atoms with Crippen molar-refractivity contribution in [2.45, 2.75) is 44.9 Å². The molecule has 8 heteroatoms. The minimum atomic E-state index is 0.000415. The minimum Gasteiger partial charge on any atom is -0.508 e. The van der Waals surface area contributed by atoms with Crippen LogP contribution in [0.5, 0.6) is 5.75 Å². The summed E-state index contributed by atoms with van der Waals surface area (Å²) in [7, 11) is 0. The Morgan fingerprint density at radius 2 is 2.03 bits per heavy atom. The van der Waals surface area contributed by atoms with Gasteiger partial charge in [-0.1, -0.05) is 23.8 Å². The summed E-state index contributed by atoms with van der Waals surface area (Å²) in [5.74, 6) is 0.663. The smallest absolute Gasteiger partial charge is 0.322 e. The molecule has 0 radical (unpaired) electrons. The molecular formula is C25H26N6O2. The number of urea groups is 1. The van der Waals surface area contributed by atoms with Crippen LogP contribution in [-0.4, -0.2) is 42.6 Å². The Kier molecular flexibility index (Phi) is 4.36. The fraction of sp³-hybridized carbons (Fsp3) is 0.280. The molecule has 33 heavy (non-hydrogen) atoms. The molecule has 8 nitrogen and oxygen atoms in total. The van der Waals surface area contributed by atoms with Gasteiger partial charge in [0.1, 0.15) is 5.75 Å². The second kappa shape index (κ2) is 7.30. The fourth-order valence-electron chi connectivity index (χ4n) is 4.77. The molecule has 3 heterocycles. The average Bonchev–Trinajstić information content (AvgIpc) is 3.50. The summed E-state index contributed by atoms with van der Waals surface area (Å²) in [6.07, 6.45) is 8.33. The van der Waals surface area contributed by atoms with Crippen LogP contribution < -0.4 is 11.1 Å². The maximum absolute atomic E-state index is 12.4. The largest absolute Gasteiger partial charge is 0.508 e. The van der Waals surface area contributed by atoms with Crippen LogP contribution in [0.3, 0.4) is 0 Å². The van der Waals surface area contributed by atoms with Crippen LogP contribution in [-0.2, 0) is 13.1 Å². The molecule has 6 rings (SSSR count). The third-order valence-electron chi connectivity index (χ3n) is 6.58. The quantitative estimate of drug-likeness (QED) is 0.562. The standard InChI is InChI=1S/C25H26N6O2/c1-15-2-7-23(32)17(10-15)13-30-22-11-16(3-6-19(22)27-24(30)26)12-29-9-8-21-20(14-29)28-25(33)31(21)18-4-5-18/h2-3,6-11,14,18,21,32H,4-5,12-13H2,1H3,(H2,26,27)(H,28,33). The normalized spacial score (nSPS) is 19.7. The molecule has 2 aliphatic heterocycles. The fourth-order valence-corrected chi connectivity index (χ4v) is 4.77. The van der Waals surface area contributed by atoms with E-state index in [1.54, 1.807) is 6.07 Å². The molecule has 2 fully saturated rings. The van der Waals surface area contributed by atoms with Crippen molar-refractivity contribution in [1.29, 1.82) is 0 Å². The Morgan fingerprint density at radius 1 is 1.18 bits per heavy atom. The molecule has 1 atom stereocenters. The molecule has 1 saturated heterocycles. The number of hydrogen-bond acceptors (Lipinski definition) is 5. The summed E-state index contributed by atoms with van der Waals surface area (Å²) in [6.45, 7) is 3.10. The number of hydrogen-bond donors (Lipinski definition) is 3. The van der Waals surface area contributed by atoms with E-state index in [9.17, 15) is 9.90 Å². The number of phenolic OH excluding ortho intramolecular Hbond substituents is 1. The second-order valence-electron chi connectivity index (χ2n) is 9.12. The molecule has 2 amide bonds. The van der Waals surface area contributed by atoms with E-state index in [2.05, 4.69) is 27.3 Å². The van der Waals surface area contributed by atoms with Gasteiger partial charge in [0.2, 0.25) is 5.95 Å². The van der Waals surface area contributed by atoms with E-state index in [4.69, 9.17) is 5.73 Å². The van der Waals surface area contributed by atoms with E-state index < -0.39 is 0 Å². The maximum atomic E-state index is 12.4. The zero-order valence-electron chi connectivity index (χ0n) is 18.4. The lowest BCUT2D eigenvalue weighted by Crippen LogP contribution is -2.35. The van der Waals surface area contributed by atoms with Crippen LogP contribution in [0.2, 0.25) is 0 Å². The Bertz CT molecular complexity index is 1340. The molecular weight excluding hydrogens is 416 g/mol. The number of carbonyl (C=O) groups is 1. The first kappa shape index (κ1) is 19.7. The van der Waals surface area contributed by atoms with Crippen molar-refractivity contribution in [2.24, 2.45) is 0 Å². The predicted molar refractivity (Wildman–Crippen MR) is 126 cm³/mol. The van der Waals surface area contributed by atoms with Gasteiger partial charge in [-0.15, -0.1) is 0 Å². The number of aryl methyl sites for hydroxylation is 1. The van der Waals surface area contributed by atoms with Crippen molar-refractivity contribution in [3.8, 4) is 5.75 Å². The highest BCUT2D eigenvalue weighted by Gasteiger charge is 2.43. The number of anilines is 1. The number of phenols is 1. The number of benzene rings is 2. The van der Waals surface area contributed by atoms with Crippen molar-refractivity contribution < 1.29 is 9.90 Å². The van der Waals surface area contributed by atoms with Crippen molar-refractivity contribution in [1.82, 2.24) is 24.7 Å². The highest BCUT2D eigenvalue weighted by atomic mass is 16.3. The van der Waals surface area contributed by atoms with Crippen LogP contribution in [0, 0.1) is 6.92 Å². The summed E-state index contributed by atoms with van der Waals surface area (Å²) >= 11 is 0. The molecule has 3 aliphatic rings. The van der Waals surface area contributed by atoms with Gasteiger partial charge < -0.3 is 30.5 Å². The van der Waals surface area contributed by atoms with Crippen molar-refractivity contribution >= 4 is 23.0 Å². The number of nitrogens with two attached hydrogens (primary N) is 1. The number of nitrogen functional groups attached to an aromatic ring is 1. The predicted octanol–water partition coefficient (Wildman–Crippen LogP) is 3.41. The molecule has 0 bridgehead atoms. The molecule has 1 unspecified atom stereocenters. The number of aromatic nitrogens is 2. The second-order valence-corrected chi connectivity index (χ2v) is 9.12. The highest BCUT2D eigenvalue weighted by Crippen LogP contribution is 2.35. The Hall–Kier alpha value is -3.94. The molecule has 1 saturated carbocycles. The van der Waals surface area contributed by atoms with Gasteiger partial charge in [0.25, 0.3) is 0 Å². The number of amides is 2. The molecule has 3 aromatic rings. The van der Waals surface area contributed by atoms with Gasteiger partial charge in [-0.2, -0.15) is 0 Å². The summed E-state index contributed by atoms with van der Waals surface area (Å²) in [4.78, 5) is 20.9. The number of nitrogens with zero attached hydrogens (tertiary/aromatic N) is 4. The molecule has 1 aromatic heterocycles. The zero-order valence-corrected chi connectivity index (χ0v) is 18.4. The van der Waals surface area contributed by atoms with E-state index in [1.165, 1.54) is 0 Å². The van der Waals surface area contributed by atoms with Gasteiger partial charge in [-0.05, 0) is 49.6 Å². The average molecular weight is 443 g/mol. The Balaban J connectivity index is 1.26. The first-order chi connectivity index (χ1) is 16.0. The maximum Gasteiger partial charge on any atom is 0.322 e. The van der Waals surface area contributed by atoms with Crippen molar-refractivity contribution in [2.75, 3.05) is 5.73 Å². The van der Waals surface area contributed by atoms with Crippen LogP contribution in [0.15, 0.2) is 60.6 Å². The lowest BCUT2D eigenvalue weighted by molar-refractivity contribution is 0.207. The van der Waals surface area contributed by atoms with Gasteiger partial charge in [-0.25, -0.2) is 9.78 Å². The van der Waals surface area contributed by atoms with Gasteiger partial charge in [0, 0.05) is 30.5 Å². The summed E-state index contributed by atoms with van der Waals surface area (Å²) in [5.41, 5.74) is 11.9. The Labute approximate surface area is 191 Å². The number of fused-ring (bicyclic) bond motifs is 2. The SMILES string of the molecule is Cc1ccc(O)c(Cn2c(N)nc3ccc(CN4C=CC5C(=C4)NC(=O)N5C4CC4)cc32)c1. The topological polar surface area (TPSA) is 99.6 Å². The lowest BCUT2D eigenvalue weighted by atomic mass is 10.1. The van der Waals surface area contributed by atoms with E-state index in [-0.39, 0.29) is 17.8 Å². The van der Waals surface area contributed by atoms with E-state index >= 15 is 0 Å². The van der Waals surface area contributed by atoms with Crippen LogP contribution >= 0.6 is 0 Å². The van der Waals surface area contributed by atoms with E-state index in [1.807, 2.05) is 53.1 Å². The van der Waals surface area contributed by atoms with Gasteiger partial charge in [-0.3, -0.25) is 0 Å². The zero-order chi connectivity index (χ0) is 22.7. The third kappa shape index (κ3) is 3.47. The van der Waals surface area contributed by atoms with E-state index in [0.717, 1.165) is 46.3 Å². The highest BCUT2D eigenvalue weighted by molar-refractivity contribution is 5.82. The molecule has 1 aliphatic carbocycles. The molecule has 2 aromatic carbocycles. The van der Waals surface area contributed by atoms with Gasteiger partial charge in [0.05, 0.1) is 29.3 Å². The van der Waals surface area contributed by atoms with Crippen molar-refractivity contribution in [3.05, 3.63) is 77.3 Å². The van der Waals surface area contributed by atoms with Crippen LogP contribution in [0.1, 0.15) is 29.5 Å². The third-order valence-corrected chi connectivity index (χ3v) is 6.58. The van der Waals surface area contributed by atoms with Gasteiger partial charge in [0.15, 0.2) is 0 Å². The molecule has 0 spiro atoms. The van der Waals surface area contributed by atoms with Crippen molar-refractivity contribution in [3.63, 3.8) is 0 Å². The number of aromatic hydroxyl groups is 1. The molecule has 168 valence electrons.